The summed E-state index contributed by atoms with van der Waals surface area (Å²) in [5.74, 6) is 0.528. The molecule has 3 aromatic rings. The summed E-state index contributed by atoms with van der Waals surface area (Å²) in [7, 11) is 0. The first kappa shape index (κ1) is 20.7. The zero-order valence-corrected chi connectivity index (χ0v) is 17.6. The number of carbonyl (C=O) groups is 1. The van der Waals surface area contributed by atoms with Gasteiger partial charge in [0.25, 0.3) is 0 Å². The highest BCUT2D eigenvalue weighted by Crippen LogP contribution is 2.32. The summed E-state index contributed by atoms with van der Waals surface area (Å²) in [6, 6.07) is 11.1. The van der Waals surface area contributed by atoms with Gasteiger partial charge in [0.1, 0.15) is 23.0 Å². The normalized spacial score (nSPS) is 15.6. The number of aromatic nitrogens is 2. The van der Waals surface area contributed by atoms with Gasteiger partial charge in [-0.3, -0.25) is 0 Å². The molecule has 0 radical (unpaired) electrons. The molecule has 0 unspecified atom stereocenters. The molecule has 4 rings (SSSR count). The van der Waals surface area contributed by atoms with Gasteiger partial charge in [-0.2, -0.15) is 4.99 Å². The Kier molecular flexibility index (Phi) is 5.31. The Hall–Kier alpha value is -3.55. The van der Waals surface area contributed by atoms with Crippen LogP contribution in [0.5, 0.6) is 5.75 Å². The molecule has 1 aliphatic rings. The van der Waals surface area contributed by atoms with Gasteiger partial charge in [-0.05, 0) is 51.1 Å². The molecule has 7 nitrogen and oxygen atoms in total. The highest BCUT2D eigenvalue weighted by Gasteiger charge is 2.25. The summed E-state index contributed by atoms with van der Waals surface area (Å²) in [6.45, 7) is 6.28. The molecule has 160 valence electrons. The van der Waals surface area contributed by atoms with Crippen LogP contribution < -0.4 is 4.90 Å². The Morgan fingerprint density at radius 2 is 1.97 bits per heavy atom. The van der Waals surface area contributed by atoms with Crippen molar-refractivity contribution in [3.05, 3.63) is 48.3 Å². The molecule has 1 amide bonds. The van der Waals surface area contributed by atoms with Gasteiger partial charge >= 0.3 is 6.09 Å². The Bertz CT molecular complexity index is 1190. The first-order valence-electron chi connectivity index (χ1n) is 10.00. The maximum atomic E-state index is 14.0. The predicted octanol–water partition coefficient (Wildman–Crippen LogP) is 4.73. The number of benzene rings is 2. The third-order valence-corrected chi connectivity index (χ3v) is 4.77. The van der Waals surface area contributed by atoms with Crippen molar-refractivity contribution in [3.8, 4) is 17.1 Å². The van der Waals surface area contributed by atoms with Crippen LogP contribution >= 0.6 is 0 Å². The predicted molar refractivity (Wildman–Crippen MR) is 117 cm³/mol. The van der Waals surface area contributed by atoms with E-state index in [2.05, 4.69) is 15.0 Å². The van der Waals surface area contributed by atoms with Gasteiger partial charge in [0.15, 0.2) is 5.82 Å². The highest BCUT2D eigenvalue weighted by atomic mass is 19.1. The zero-order chi connectivity index (χ0) is 22.2. The lowest BCUT2D eigenvalue weighted by atomic mass is 10.1. The van der Waals surface area contributed by atoms with Crippen molar-refractivity contribution in [2.24, 2.45) is 4.99 Å². The molecule has 1 saturated heterocycles. The summed E-state index contributed by atoms with van der Waals surface area (Å²) in [5.41, 5.74) is 1.09. The van der Waals surface area contributed by atoms with E-state index in [1.54, 1.807) is 51.1 Å². The second kappa shape index (κ2) is 7.94. The van der Waals surface area contributed by atoms with E-state index in [9.17, 15) is 14.3 Å². The van der Waals surface area contributed by atoms with Crippen molar-refractivity contribution in [1.82, 2.24) is 9.97 Å². The second-order valence-electron chi connectivity index (χ2n) is 8.38. The number of para-hydroxylation sites is 1. The van der Waals surface area contributed by atoms with Gasteiger partial charge in [0, 0.05) is 24.1 Å². The molecule has 8 heteroatoms. The van der Waals surface area contributed by atoms with Crippen LogP contribution in [0.4, 0.5) is 15.0 Å². The first-order chi connectivity index (χ1) is 14.7. The van der Waals surface area contributed by atoms with Crippen molar-refractivity contribution in [1.29, 1.82) is 0 Å². The number of nitrogens with zero attached hydrogens (tertiary/aromatic N) is 4. The Balaban J connectivity index is 1.72. The molecule has 1 N–H and O–H groups in total. The van der Waals surface area contributed by atoms with Crippen LogP contribution in [-0.4, -0.2) is 45.6 Å². The van der Waals surface area contributed by atoms with Gasteiger partial charge < -0.3 is 14.7 Å². The van der Waals surface area contributed by atoms with Crippen LogP contribution in [0.3, 0.4) is 0 Å². The van der Waals surface area contributed by atoms with Crippen LogP contribution in [0.2, 0.25) is 0 Å². The fraction of sp³-hybridized carbons (Fsp3) is 0.304. The van der Waals surface area contributed by atoms with Gasteiger partial charge in [-0.25, -0.2) is 19.2 Å². The maximum Gasteiger partial charge on any atom is 0.434 e. The van der Waals surface area contributed by atoms with Crippen molar-refractivity contribution in [2.75, 3.05) is 18.0 Å². The molecule has 2 aromatic carbocycles. The highest BCUT2D eigenvalue weighted by molar-refractivity contribution is 6.01. The number of aliphatic imine (C=N–C) groups is 1. The monoisotopic (exact) mass is 422 g/mol. The molecular weight excluding hydrogens is 399 g/mol. The van der Waals surface area contributed by atoms with E-state index in [0.29, 0.717) is 53.3 Å². The number of halogens is 1. The molecule has 0 aliphatic carbocycles. The molecule has 0 spiro atoms. The van der Waals surface area contributed by atoms with E-state index in [1.165, 1.54) is 12.1 Å². The fourth-order valence-corrected chi connectivity index (χ4v) is 3.44. The number of rotatable bonds is 2. The number of aromatic hydroxyl groups is 1. The average Bonchev–Trinajstić information content (AvgIpc) is 3.14. The van der Waals surface area contributed by atoms with Crippen LogP contribution in [-0.2, 0) is 4.74 Å². The third-order valence-electron chi connectivity index (χ3n) is 4.77. The molecule has 31 heavy (non-hydrogen) atoms. The number of anilines is 1. The summed E-state index contributed by atoms with van der Waals surface area (Å²) >= 11 is 0. The lowest BCUT2D eigenvalue weighted by Gasteiger charge is -2.19. The minimum Gasteiger partial charge on any atom is -0.507 e. The van der Waals surface area contributed by atoms with E-state index in [1.807, 2.05) is 4.90 Å². The number of ether oxygens (including phenoxy) is 1. The second-order valence-corrected chi connectivity index (χ2v) is 8.38. The number of amides is 1. The molecule has 0 saturated carbocycles. The number of hydrogen-bond donors (Lipinski definition) is 1. The number of phenolic OH excluding ortho intramolecular Hbond substituents is 1. The smallest absolute Gasteiger partial charge is 0.434 e. The molecule has 0 atom stereocenters. The van der Waals surface area contributed by atoms with E-state index >= 15 is 0 Å². The Labute approximate surface area is 179 Å². The lowest BCUT2D eigenvalue weighted by Crippen LogP contribution is -2.24. The number of carbonyl (C=O) groups excluding carboxylic acids is 1. The quantitative estimate of drug-likeness (QED) is 0.643. The van der Waals surface area contributed by atoms with E-state index in [0.717, 1.165) is 0 Å². The van der Waals surface area contributed by atoms with Crippen LogP contribution in [0.25, 0.3) is 22.3 Å². The van der Waals surface area contributed by atoms with Crippen molar-refractivity contribution in [3.63, 3.8) is 0 Å². The number of fused-ring (bicyclic) bond motifs is 1. The standard InChI is InChI=1S/C23H23FN4O3/c1-23(2,3)31-22(30)25-15-10-11-28(13-15)21-17-12-14(24)8-9-18(17)26-20(27-21)16-6-4-5-7-19(16)29/h4-9,12,29H,10-11,13H2,1-3H3/b25-15-. The first-order valence-corrected chi connectivity index (χ1v) is 10.00. The van der Waals surface area contributed by atoms with Crippen LogP contribution in [0, 0.1) is 5.82 Å². The van der Waals surface area contributed by atoms with Crippen molar-refractivity contribution >= 4 is 28.5 Å². The Morgan fingerprint density at radius 1 is 1.19 bits per heavy atom. The van der Waals surface area contributed by atoms with Crippen molar-refractivity contribution in [2.45, 2.75) is 32.8 Å². The average molecular weight is 422 g/mol. The minimum atomic E-state index is -0.627. The largest absolute Gasteiger partial charge is 0.507 e. The topological polar surface area (TPSA) is 87.9 Å². The lowest BCUT2D eigenvalue weighted by molar-refractivity contribution is 0.0604. The van der Waals surface area contributed by atoms with Gasteiger partial charge in [0.05, 0.1) is 17.6 Å². The van der Waals surface area contributed by atoms with E-state index < -0.39 is 17.5 Å². The molecule has 2 heterocycles. The summed E-state index contributed by atoms with van der Waals surface area (Å²) in [5, 5.41) is 10.8. The van der Waals surface area contributed by atoms with E-state index in [-0.39, 0.29) is 5.75 Å². The minimum absolute atomic E-state index is 0.0588. The maximum absolute atomic E-state index is 14.0. The summed E-state index contributed by atoms with van der Waals surface area (Å²) in [4.78, 5) is 27.2. The molecular formula is C23H23FN4O3. The van der Waals surface area contributed by atoms with Gasteiger partial charge in [-0.15, -0.1) is 0 Å². The van der Waals surface area contributed by atoms with Gasteiger partial charge in [0.2, 0.25) is 0 Å². The molecule has 1 aliphatic heterocycles. The number of phenols is 1. The summed E-state index contributed by atoms with van der Waals surface area (Å²) in [6.07, 6.45) is -0.0655. The molecule has 1 aromatic heterocycles. The van der Waals surface area contributed by atoms with E-state index in [4.69, 9.17) is 4.74 Å². The molecule has 0 bridgehead atoms. The Morgan fingerprint density at radius 3 is 2.71 bits per heavy atom. The fourth-order valence-electron chi connectivity index (χ4n) is 3.44. The third kappa shape index (κ3) is 4.63. The zero-order valence-electron chi connectivity index (χ0n) is 17.6. The van der Waals surface area contributed by atoms with Gasteiger partial charge in [-0.1, -0.05) is 12.1 Å². The number of hydrogen-bond acceptors (Lipinski definition) is 6. The summed E-state index contributed by atoms with van der Waals surface area (Å²) < 4.78 is 19.3. The SMILES string of the molecule is CC(C)(C)OC(=O)/N=C1/CCN(c2nc(-c3ccccc3O)nc3ccc(F)cc23)C1. The molecule has 1 fully saturated rings. The van der Waals surface area contributed by atoms with Crippen LogP contribution in [0.15, 0.2) is 47.5 Å². The van der Waals surface area contributed by atoms with Crippen LogP contribution in [0.1, 0.15) is 27.2 Å². The van der Waals surface area contributed by atoms with Crippen molar-refractivity contribution < 1.29 is 19.0 Å².